The molecule has 2 rings (SSSR count). The van der Waals surface area contributed by atoms with Gasteiger partial charge in [0.2, 0.25) is 5.91 Å². The van der Waals surface area contributed by atoms with Crippen molar-refractivity contribution in [1.29, 1.82) is 0 Å². The molecule has 0 aliphatic carbocycles. The van der Waals surface area contributed by atoms with Crippen LogP contribution in [-0.4, -0.2) is 11.7 Å². The third-order valence-electron chi connectivity index (χ3n) is 2.64. The van der Waals surface area contributed by atoms with E-state index in [2.05, 4.69) is 18.0 Å². The van der Waals surface area contributed by atoms with Crippen molar-refractivity contribution in [3.8, 4) is 0 Å². The number of carbonyl (C=O) groups excluding carboxylic acids is 1. The van der Waals surface area contributed by atoms with Crippen molar-refractivity contribution in [1.82, 2.24) is 0 Å². The number of rotatable bonds is 7. The molecule has 0 bridgehead atoms. The lowest BCUT2D eigenvalue weighted by Crippen LogP contribution is -2.09. The summed E-state index contributed by atoms with van der Waals surface area (Å²) in [6.45, 7) is 4.42. The van der Waals surface area contributed by atoms with Gasteiger partial charge in [0.25, 0.3) is 0 Å². The van der Waals surface area contributed by atoms with Crippen molar-refractivity contribution in [3.63, 3.8) is 0 Å². The minimum Gasteiger partial charge on any atom is -0.379 e. The van der Waals surface area contributed by atoms with E-state index in [1.165, 1.54) is 16.2 Å². The molecule has 3 nitrogen and oxygen atoms in total. The number of carbonyl (C=O) groups is 1. The molecule has 20 heavy (non-hydrogen) atoms. The number of para-hydroxylation sites is 1. The van der Waals surface area contributed by atoms with Gasteiger partial charge in [-0.05, 0) is 18.2 Å². The predicted molar refractivity (Wildman–Crippen MR) is 87.5 cm³/mol. The molecule has 1 amide bonds. The van der Waals surface area contributed by atoms with Crippen molar-refractivity contribution in [2.75, 3.05) is 11.1 Å². The van der Waals surface area contributed by atoms with E-state index in [9.17, 15) is 4.79 Å². The monoisotopic (exact) mass is 304 g/mol. The molecule has 5 heteroatoms. The SMILES string of the molecule is C=CCSc1ccccc1NCc1cc(C(N)=O)cs1. The summed E-state index contributed by atoms with van der Waals surface area (Å²) in [6.07, 6.45) is 1.89. The molecule has 1 heterocycles. The summed E-state index contributed by atoms with van der Waals surface area (Å²) in [5.41, 5.74) is 6.91. The standard InChI is InChI=1S/C15H16N2OS2/c1-2-7-19-14-6-4-3-5-13(14)17-9-12-8-11(10-20-12)15(16)18/h2-6,8,10,17H,1,7,9H2,(H2,16,18). The zero-order valence-corrected chi connectivity index (χ0v) is 12.6. The number of thiophene rings is 1. The average Bonchev–Trinajstić information content (AvgIpc) is 2.93. The summed E-state index contributed by atoms with van der Waals surface area (Å²) in [5.74, 6) is 0.498. The van der Waals surface area contributed by atoms with Crippen LogP contribution in [0.4, 0.5) is 5.69 Å². The third kappa shape index (κ3) is 3.88. The number of thioether (sulfide) groups is 1. The van der Waals surface area contributed by atoms with E-state index in [-0.39, 0.29) is 5.91 Å². The average molecular weight is 304 g/mol. The van der Waals surface area contributed by atoms with Crippen LogP contribution < -0.4 is 11.1 Å². The zero-order chi connectivity index (χ0) is 14.4. The van der Waals surface area contributed by atoms with Crippen LogP contribution in [-0.2, 0) is 6.54 Å². The van der Waals surface area contributed by atoms with Crippen LogP contribution in [0, 0.1) is 0 Å². The largest absolute Gasteiger partial charge is 0.379 e. The smallest absolute Gasteiger partial charge is 0.249 e. The van der Waals surface area contributed by atoms with Crippen LogP contribution in [0.1, 0.15) is 15.2 Å². The molecule has 0 fully saturated rings. The number of benzene rings is 1. The molecule has 0 saturated carbocycles. The molecule has 1 aromatic carbocycles. The lowest BCUT2D eigenvalue weighted by molar-refractivity contribution is 0.100. The lowest BCUT2D eigenvalue weighted by atomic mass is 10.3. The Morgan fingerprint density at radius 3 is 2.95 bits per heavy atom. The fourth-order valence-electron chi connectivity index (χ4n) is 1.67. The van der Waals surface area contributed by atoms with Crippen molar-refractivity contribution < 1.29 is 4.79 Å². The molecule has 0 atom stereocenters. The Kier molecular flexibility index (Phi) is 5.26. The number of hydrogen-bond donors (Lipinski definition) is 2. The number of primary amides is 1. The van der Waals surface area contributed by atoms with Gasteiger partial charge in [-0.3, -0.25) is 4.79 Å². The molecule has 0 spiro atoms. The Labute approximate surface area is 126 Å². The fraction of sp³-hybridized carbons (Fsp3) is 0.133. The first kappa shape index (κ1) is 14.7. The molecule has 0 saturated heterocycles. The Morgan fingerprint density at radius 1 is 1.45 bits per heavy atom. The highest BCUT2D eigenvalue weighted by Crippen LogP contribution is 2.27. The van der Waals surface area contributed by atoms with Gasteiger partial charge in [-0.2, -0.15) is 0 Å². The highest BCUT2D eigenvalue weighted by atomic mass is 32.2. The zero-order valence-electron chi connectivity index (χ0n) is 11.0. The molecule has 0 unspecified atom stereocenters. The minimum absolute atomic E-state index is 0.380. The second-order valence-corrected chi connectivity index (χ2v) is 6.17. The maximum Gasteiger partial charge on any atom is 0.249 e. The van der Waals surface area contributed by atoms with Gasteiger partial charge in [-0.25, -0.2) is 0 Å². The van der Waals surface area contributed by atoms with Crippen molar-refractivity contribution in [2.45, 2.75) is 11.4 Å². The summed E-state index contributed by atoms with van der Waals surface area (Å²) >= 11 is 3.28. The van der Waals surface area contributed by atoms with Crippen LogP contribution >= 0.6 is 23.1 Å². The summed E-state index contributed by atoms with van der Waals surface area (Å²) in [7, 11) is 0. The van der Waals surface area contributed by atoms with E-state index in [0.717, 1.165) is 16.3 Å². The summed E-state index contributed by atoms with van der Waals surface area (Å²) in [5, 5.41) is 5.18. The van der Waals surface area contributed by atoms with Crippen LogP contribution in [0.5, 0.6) is 0 Å². The number of hydrogen-bond acceptors (Lipinski definition) is 4. The van der Waals surface area contributed by atoms with Gasteiger partial charge in [0.15, 0.2) is 0 Å². The Balaban J connectivity index is 2.02. The molecule has 0 aliphatic rings. The van der Waals surface area contributed by atoms with E-state index < -0.39 is 0 Å². The summed E-state index contributed by atoms with van der Waals surface area (Å²) in [6, 6.07) is 9.99. The molecule has 104 valence electrons. The van der Waals surface area contributed by atoms with Gasteiger partial charge in [0.1, 0.15) is 0 Å². The molecule has 2 aromatic rings. The van der Waals surface area contributed by atoms with Gasteiger partial charge in [0, 0.05) is 33.1 Å². The molecular formula is C15H16N2OS2. The number of anilines is 1. The van der Waals surface area contributed by atoms with E-state index in [0.29, 0.717) is 12.1 Å². The Bertz CT molecular complexity index is 607. The number of nitrogens with one attached hydrogen (secondary N) is 1. The van der Waals surface area contributed by atoms with Crippen molar-refractivity contribution in [3.05, 3.63) is 58.8 Å². The summed E-state index contributed by atoms with van der Waals surface area (Å²) < 4.78 is 0. The third-order valence-corrected chi connectivity index (χ3v) is 4.64. The first-order valence-electron chi connectivity index (χ1n) is 6.14. The van der Waals surface area contributed by atoms with Gasteiger partial charge in [-0.1, -0.05) is 18.2 Å². The van der Waals surface area contributed by atoms with Crippen LogP contribution in [0.2, 0.25) is 0 Å². The van der Waals surface area contributed by atoms with E-state index in [1.54, 1.807) is 17.1 Å². The lowest BCUT2D eigenvalue weighted by Gasteiger charge is -2.10. The first-order chi connectivity index (χ1) is 9.70. The van der Waals surface area contributed by atoms with E-state index in [1.807, 2.05) is 30.3 Å². The van der Waals surface area contributed by atoms with Gasteiger partial charge in [-0.15, -0.1) is 29.7 Å². The van der Waals surface area contributed by atoms with Gasteiger partial charge in [0.05, 0.1) is 5.56 Å². The maximum atomic E-state index is 11.1. The second-order valence-electron chi connectivity index (χ2n) is 4.12. The second kappa shape index (κ2) is 7.17. The van der Waals surface area contributed by atoms with Gasteiger partial charge >= 0.3 is 0 Å². The normalized spacial score (nSPS) is 10.2. The quantitative estimate of drug-likeness (QED) is 0.605. The van der Waals surface area contributed by atoms with E-state index >= 15 is 0 Å². The minimum atomic E-state index is -0.380. The molecule has 0 aliphatic heterocycles. The maximum absolute atomic E-state index is 11.1. The topological polar surface area (TPSA) is 55.1 Å². The number of amides is 1. The molecule has 0 radical (unpaired) electrons. The Hall–Kier alpha value is -1.72. The highest BCUT2D eigenvalue weighted by Gasteiger charge is 2.06. The van der Waals surface area contributed by atoms with Gasteiger partial charge < -0.3 is 11.1 Å². The predicted octanol–water partition coefficient (Wildman–Crippen LogP) is 3.74. The first-order valence-corrected chi connectivity index (χ1v) is 8.01. The fourth-order valence-corrected chi connectivity index (χ4v) is 3.25. The van der Waals surface area contributed by atoms with Crippen LogP contribution in [0.25, 0.3) is 0 Å². The number of nitrogens with two attached hydrogens (primary N) is 1. The summed E-state index contributed by atoms with van der Waals surface area (Å²) in [4.78, 5) is 13.3. The Morgan fingerprint density at radius 2 is 2.25 bits per heavy atom. The van der Waals surface area contributed by atoms with Crippen molar-refractivity contribution >= 4 is 34.7 Å². The molecule has 3 N–H and O–H groups in total. The molecular weight excluding hydrogens is 288 g/mol. The molecule has 1 aromatic heterocycles. The highest BCUT2D eigenvalue weighted by molar-refractivity contribution is 7.99. The van der Waals surface area contributed by atoms with Crippen molar-refractivity contribution in [2.24, 2.45) is 5.73 Å². The van der Waals surface area contributed by atoms with Crippen LogP contribution in [0.3, 0.4) is 0 Å². The van der Waals surface area contributed by atoms with E-state index in [4.69, 9.17) is 5.73 Å². The van der Waals surface area contributed by atoms with Crippen LogP contribution in [0.15, 0.2) is 53.3 Å².